The zero-order valence-corrected chi connectivity index (χ0v) is 9.44. The Balaban J connectivity index is 2.27. The number of aromatic nitrogens is 1. The summed E-state index contributed by atoms with van der Waals surface area (Å²) < 4.78 is 35.8. The summed E-state index contributed by atoms with van der Waals surface area (Å²) in [6, 6.07) is 3.44. The Hall–Kier alpha value is -1.63. The summed E-state index contributed by atoms with van der Waals surface area (Å²) in [6.45, 7) is -0.821. The number of aliphatic hydroxyl groups excluding tert-OH is 1. The van der Waals surface area contributed by atoms with E-state index in [1.165, 1.54) is 0 Å². The van der Waals surface area contributed by atoms with Crippen molar-refractivity contribution in [2.45, 2.75) is 25.1 Å². The van der Waals surface area contributed by atoms with Crippen molar-refractivity contribution in [1.82, 2.24) is 10.3 Å². The smallest absolute Gasteiger partial charge is 0.382 e. The second-order valence-electron chi connectivity index (χ2n) is 3.72. The van der Waals surface area contributed by atoms with Crippen LogP contribution in [0.15, 0.2) is 24.5 Å². The number of hydrogen-bond donors (Lipinski definition) is 2. The first-order chi connectivity index (χ1) is 8.39. The third-order valence-electron chi connectivity index (χ3n) is 2.26. The maximum Gasteiger partial charge on any atom is 0.416 e. The molecule has 2 N–H and O–H groups in total. The summed E-state index contributed by atoms with van der Waals surface area (Å²) in [7, 11) is 0. The van der Waals surface area contributed by atoms with Crippen molar-refractivity contribution in [3.8, 4) is 0 Å². The van der Waals surface area contributed by atoms with E-state index in [4.69, 9.17) is 5.11 Å². The molecule has 1 heterocycles. The van der Waals surface area contributed by atoms with Gasteiger partial charge in [-0.15, -0.1) is 0 Å². The highest BCUT2D eigenvalue weighted by Gasteiger charge is 2.38. The SMILES string of the molecule is O=C(CCc1ccncc1)NCC(O)C(F)(F)F. The molecule has 4 nitrogen and oxygen atoms in total. The quantitative estimate of drug-likeness (QED) is 0.834. The van der Waals surface area contributed by atoms with E-state index in [0.29, 0.717) is 6.42 Å². The molecule has 1 unspecified atom stereocenters. The topological polar surface area (TPSA) is 62.2 Å². The number of rotatable bonds is 5. The van der Waals surface area contributed by atoms with Crippen LogP contribution < -0.4 is 5.32 Å². The molecule has 0 aliphatic rings. The molecule has 0 aromatic carbocycles. The summed E-state index contributed by atoms with van der Waals surface area (Å²) in [5.41, 5.74) is 0.872. The monoisotopic (exact) mass is 262 g/mol. The van der Waals surface area contributed by atoms with Crippen LogP contribution in [0.25, 0.3) is 0 Å². The largest absolute Gasteiger partial charge is 0.416 e. The predicted molar refractivity (Wildman–Crippen MR) is 57.6 cm³/mol. The highest BCUT2D eigenvalue weighted by molar-refractivity contribution is 5.76. The van der Waals surface area contributed by atoms with Crippen LogP contribution in [0.5, 0.6) is 0 Å². The van der Waals surface area contributed by atoms with Crippen molar-refractivity contribution in [3.05, 3.63) is 30.1 Å². The lowest BCUT2D eigenvalue weighted by Crippen LogP contribution is -2.40. The molecule has 1 aromatic heterocycles. The molecule has 0 saturated heterocycles. The number of aryl methyl sites for hydroxylation is 1. The fourth-order valence-electron chi connectivity index (χ4n) is 1.22. The first-order valence-electron chi connectivity index (χ1n) is 5.30. The summed E-state index contributed by atoms with van der Waals surface area (Å²) in [5, 5.41) is 10.7. The number of alkyl halides is 3. The zero-order valence-electron chi connectivity index (χ0n) is 9.44. The first-order valence-corrected chi connectivity index (χ1v) is 5.30. The standard InChI is InChI=1S/C11H13F3N2O2/c12-11(13,14)9(17)7-16-10(18)2-1-8-3-5-15-6-4-8/h3-6,9,17H,1-2,7H2,(H,16,18). The maximum atomic E-state index is 11.9. The van der Waals surface area contributed by atoms with E-state index < -0.39 is 24.7 Å². The number of hydrogen-bond acceptors (Lipinski definition) is 3. The number of nitrogens with zero attached hydrogens (tertiary/aromatic N) is 1. The second kappa shape index (κ2) is 6.34. The van der Waals surface area contributed by atoms with Crippen LogP contribution in [0.2, 0.25) is 0 Å². The van der Waals surface area contributed by atoms with Crippen molar-refractivity contribution in [1.29, 1.82) is 0 Å². The van der Waals surface area contributed by atoms with E-state index in [2.05, 4.69) is 4.98 Å². The molecule has 1 aromatic rings. The normalized spacial score (nSPS) is 13.1. The van der Waals surface area contributed by atoms with Gasteiger partial charge in [0.1, 0.15) is 0 Å². The molecule has 0 spiro atoms. The van der Waals surface area contributed by atoms with Gasteiger partial charge in [0.25, 0.3) is 0 Å². The Morgan fingerprint density at radius 1 is 1.39 bits per heavy atom. The molecule has 0 bridgehead atoms. The molecular formula is C11H13F3N2O2. The zero-order chi connectivity index (χ0) is 13.6. The molecule has 0 fully saturated rings. The van der Waals surface area contributed by atoms with E-state index >= 15 is 0 Å². The molecule has 0 aliphatic carbocycles. The van der Waals surface area contributed by atoms with Crippen LogP contribution in [0.4, 0.5) is 13.2 Å². The average Bonchev–Trinajstić information content (AvgIpc) is 2.33. The first kappa shape index (κ1) is 14.4. The third-order valence-corrected chi connectivity index (χ3v) is 2.26. The Bertz CT molecular complexity index is 382. The highest BCUT2D eigenvalue weighted by Crippen LogP contribution is 2.19. The van der Waals surface area contributed by atoms with Gasteiger partial charge in [0.15, 0.2) is 6.10 Å². The molecular weight excluding hydrogens is 249 g/mol. The van der Waals surface area contributed by atoms with Gasteiger partial charge < -0.3 is 10.4 Å². The van der Waals surface area contributed by atoms with E-state index in [0.717, 1.165) is 5.56 Å². The van der Waals surface area contributed by atoms with Crippen LogP contribution in [0.1, 0.15) is 12.0 Å². The molecule has 7 heteroatoms. The maximum absolute atomic E-state index is 11.9. The van der Waals surface area contributed by atoms with Crippen molar-refractivity contribution in [2.24, 2.45) is 0 Å². The van der Waals surface area contributed by atoms with Crippen molar-refractivity contribution >= 4 is 5.91 Å². The van der Waals surface area contributed by atoms with Gasteiger partial charge in [-0.1, -0.05) is 0 Å². The lowest BCUT2D eigenvalue weighted by atomic mass is 10.1. The van der Waals surface area contributed by atoms with Gasteiger partial charge in [-0.25, -0.2) is 0 Å². The number of nitrogens with one attached hydrogen (secondary N) is 1. The van der Waals surface area contributed by atoms with E-state index in [1.54, 1.807) is 24.5 Å². The van der Waals surface area contributed by atoms with E-state index in [9.17, 15) is 18.0 Å². The molecule has 0 radical (unpaired) electrons. The lowest BCUT2D eigenvalue weighted by molar-refractivity contribution is -0.201. The molecule has 0 aliphatic heterocycles. The van der Waals surface area contributed by atoms with Gasteiger partial charge in [-0.05, 0) is 24.1 Å². The number of carbonyl (C=O) groups is 1. The van der Waals surface area contributed by atoms with Crippen molar-refractivity contribution in [3.63, 3.8) is 0 Å². The second-order valence-corrected chi connectivity index (χ2v) is 3.72. The molecule has 18 heavy (non-hydrogen) atoms. The lowest BCUT2D eigenvalue weighted by Gasteiger charge is -2.14. The minimum Gasteiger partial charge on any atom is -0.382 e. The Morgan fingerprint density at radius 3 is 2.56 bits per heavy atom. The van der Waals surface area contributed by atoms with E-state index in [-0.39, 0.29) is 6.42 Å². The Kier molecular flexibility index (Phi) is 5.08. The fourth-order valence-corrected chi connectivity index (χ4v) is 1.22. The van der Waals surface area contributed by atoms with Crippen molar-refractivity contribution < 1.29 is 23.1 Å². The summed E-state index contributed by atoms with van der Waals surface area (Å²) >= 11 is 0. The molecule has 100 valence electrons. The van der Waals surface area contributed by atoms with Crippen LogP contribution >= 0.6 is 0 Å². The minimum absolute atomic E-state index is 0.0641. The number of amides is 1. The molecule has 1 rings (SSSR count). The highest BCUT2D eigenvalue weighted by atomic mass is 19.4. The van der Waals surface area contributed by atoms with E-state index in [1.807, 2.05) is 5.32 Å². The van der Waals surface area contributed by atoms with Gasteiger partial charge in [0.05, 0.1) is 6.54 Å². The average molecular weight is 262 g/mol. The van der Waals surface area contributed by atoms with Gasteiger partial charge in [-0.3, -0.25) is 9.78 Å². The fraction of sp³-hybridized carbons (Fsp3) is 0.455. The van der Waals surface area contributed by atoms with Crippen LogP contribution in [-0.4, -0.2) is 34.8 Å². The predicted octanol–water partition coefficient (Wildman–Crippen LogP) is 1.05. The van der Waals surface area contributed by atoms with Gasteiger partial charge in [0.2, 0.25) is 5.91 Å². The van der Waals surface area contributed by atoms with Crippen LogP contribution in [0, 0.1) is 0 Å². The number of pyridine rings is 1. The molecule has 1 atom stereocenters. The van der Waals surface area contributed by atoms with Crippen LogP contribution in [0.3, 0.4) is 0 Å². The summed E-state index contributed by atoms with van der Waals surface area (Å²) in [4.78, 5) is 15.0. The number of carbonyl (C=O) groups excluding carboxylic acids is 1. The van der Waals surface area contributed by atoms with Crippen molar-refractivity contribution in [2.75, 3.05) is 6.54 Å². The van der Waals surface area contributed by atoms with Gasteiger partial charge in [0, 0.05) is 18.8 Å². The number of halogens is 3. The minimum atomic E-state index is -4.71. The summed E-state index contributed by atoms with van der Waals surface area (Å²) in [6.07, 6.45) is -3.62. The molecule has 1 amide bonds. The van der Waals surface area contributed by atoms with Gasteiger partial charge in [-0.2, -0.15) is 13.2 Å². The van der Waals surface area contributed by atoms with Crippen LogP contribution in [-0.2, 0) is 11.2 Å². The third kappa shape index (κ3) is 5.13. The summed E-state index contributed by atoms with van der Waals surface area (Å²) in [5.74, 6) is -0.532. The number of aliphatic hydroxyl groups is 1. The Labute approximate surface area is 102 Å². The van der Waals surface area contributed by atoms with Gasteiger partial charge >= 0.3 is 6.18 Å². The molecule has 0 saturated carbocycles. The Morgan fingerprint density at radius 2 is 2.00 bits per heavy atom.